The van der Waals surface area contributed by atoms with Gasteiger partial charge in [-0.1, -0.05) is 39.5 Å². The molecule has 0 aromatic carbocycles. The van der Waals surface area contributed by atoms with Crippen LogP contribution in [0.25, 0.3) is 10.2 Å². The molecule has 1 aliphatic carbocycles. The van der Waals surface area contributed by atoms with Crippen LogP contribution >= 0.6 is 11.3 Å². The maximum absolute atomic E-state index is 13.6. The second kappa shape index (κ2) is 8.13. The van der Waals surface area contributed by atoms with Crippen LogP contribution in [0.15, 0.2) is 17.5 Å². The van der Waals surface area contributed by atoms with Crippen molar-refractivity contribution < 1.29 is 9.59 Å². The Balaban J connectivity index is 1.66. The summed E-state index contributed by atoms with van der Waals surface area (Å²) in [6.07, 6.45) is 7.85. The van der Waals surface area contributed by atoms with E-state index < -0.39 is 5.54 Å². The number of carbonyl (C=O) groups is 2. The number of aromatic nitrogens is 1. The van der Waals surface area contributed by atoms with Crippen LogP contribution in [0.4, 0.5) is 0 Å². The van der Waals surface area contributed by atoms with E-state index in [1.54, 1.807) is 11.3 Å². The first-order valence-corrected chi connectivity index (χ1v) is 12.0. The number of hydrogen-bond donors (Lipinski definition) is 1. The van der Waals surface area contributed by atoms with Crippen LogP contribution in [-0.2, 0) is 11.3 Å². The summed E-state index contributed by atoms with van der Waals surface area (Å²) in [6, 6.07) is 4.29. The molecular weight excluding hydrogens is 382 g/mol. The van der Waals surface area contributed by atoms with Gasteiger partial charge in [0.05, 0.1) is 16.8 Å². The molecule has 6 heteroatoms. The summed E-state index contributed by atoms with van der Waals surface area (Å²) < 4.78 is 3.18. The van der Waals surface area contributed by atoms with Crippen LogP contribution in [0, 0.1) is 5.92 Å². The molecule has 158 valence electrons. The zero-order valence-corrected chi connectivity index (χ0v) is 18.7. The van der Waals surface area contributed by atoms with Crippen LogP contribution in [0.3, 0.4) is 0 Å². The van der Waals surface area contributed by atoms with Gasteiger partial charge >= 0.3 is 0 Å². The molecular formula is C23H33N3O2S. The molecule has 0 radical (unpaired) electrons. The minimum Gasteiger partial charge on any atom is -0.351 e. The molecule has 1 aliphatic heterocycles. The molecule has 2 amide bonds. The van der Waals surface area contributed by atoms with E-state index in [9.17, 15) is 9.59 Å². The number of carbonyl (C=O) groups excluding carboxylic acids is 2. The Bertz CT molecular complexity index is 891. The molecule has 2 aromatic heterocycles. The first-order chi connectivity index (χ1) is 13.9. The summed E-state index contributed by atoms with van der Waals surface area (Å²) in [7, 11) is 0. The average molecular weight is 416 g/mol. The lowest BCUT2D eigenvalue weighted by atomic mass is 9.92. The van der Waals surface area contributed by atoms with E-state index in [4.69, 9.17) is 0 Å². The van der Waals surface area contributed by atoms with Gasteiger partial charge < -0.3 is 14.8 Å². The third-order valence-electron chi connectivity index (χ3n) is 6.66. The Morgan fingerprint density at radius 2 is 2.00 bits per heavy atom. The van der Waals surface area contributed by atoms with Crippen LogP contribution in [0.5, 0.6) is 0 Å². The minimum absolute atomic E-state index is 0.00392. The van der Waals surface area contributed by atoms with Crippen LogP contribution < -0.4 is 5.32 Å². The predicted molar refractivity (Wildman–Crippen MR) is 118 cm³/mol. The highest BCUT2D eigenvalue weighted by molar-refractivity contribution is 7.17. The minimum atomic E-state index is -0.862. The van der Waals surface area contributed by atoms with E-state index >= 15 is 0 Å². The predicted octanol–water partition coefficient (Wildman–Crippen LogP) is 4.80. The van der Waals surface area contributed by atoms with Gasteiger partial charge in [-0.15, -0.1) is 11.3 Å². The van der Waals surface area contributed by atoms with Crippen molar-refractivity contribution in [2.45, 2.75) is 83.8 Å². The van der Waals surface area contributed by atoms with E-state index in [0.717, 1.165) is 35.2 Å². The van der Waals surface area contributed by atoms with E-state index in [1.165, 1.54) is 25.7 Å². The van der Waals surface area contributed by atoms with Gasteiger partial charge in [-0.2, -0.15) is 0 Å². The van der Waals surface area contributed by atoms with Crippen molar-refractivity contribution in [2.75, 3.05) is 6.54 Å². The molecule has 1 saturated carbocycles. The van der Waals surface area contributed by atoms with Crippen molar-refractivity contribution >= 4 is 33.4 Å². The number of fused-ring (bicyclic) bond motifs is 3. The van der Waals surface area contributed by atoms with Gasteiger partial charge in [-0.3, -0.25) is 9.59 Å². The van der Waals surface area contributed by atoms with Gasteiger partial charge in [0, 0.05) is 12.6 Å². The molecule has 2 aromatic rings. The fourth-order valence-corrected chi connectivity index (χ4v) is 5.60. The maximum Gasteiger partial charge on any atom is 0.271 e. The second-order valence-electron chi connectivity index (χ2n) is 9.36. The third kappa shape index (κ3) is 3.83. The lowest BCUT2D eigenvalue weighted by Crippen LogP contribution is -2.65. The first-order valence-electron chi connectivity index (χ1n) is 11.1. The molecule has 1 N–H and O–H groups in total. The van der Waals surface area contributed by atoms with Crippen molar-refractivity contribution in [1.29, 1.82) is 0 Å². The molecule has 5 nitrogen and oxygen atoms in total. The Morgan fingerprint density at radius 1 is 1.28 bits per heavy atom. The molecule has 2 aliphatic rings. The van der Waals surface area contributed by atoms with Gasteiger partial charge in [-0.05, 0) is 49.6 Å². The van der Waals surface area contributed by atoms with E-state index in [2.05, 4.69) is 35.2 Å². The Kier molecular flexibility index (Phi) is 5.74. The van der Waals surface area contributed by atoms with Crippen molar-refractivity contribution in [2.24, 2.45) is 5.92 Å². The summed E-state index contributed by atoms with van der Waals surface area (Å²) in [4.78, 5) is 28.9. The quantitative estimate of drug-likeness (QED) is 0.713. The maximum atomic E-state index is 13.6. The second-order valence-corrected chi connectivity index (χ2v) is 10.3. The summed E-state index contributed by atoms with van der Waals surface area (Å²) in [5, 5.41) is 5.38. The number of thiophene rings is 1. The zero-order valence-electron chi connectivity index (χ0n) is 17.9. The number of rotatable bonds is 5. The average Bonchev–Trinajstić information content (AvgIpc) is 3.16. The summed E-state index contributed by atoms with van der Waals surface area (Å²) in [5.41, 5.74) is 0.921. The first kappa shape index (κ1) is 20.5. The van der Waals surface area contributed by atoms with Crippen molar-refractivity contribution in [3.05, 3.63) is 23.2 Å². The summed E-state index contributed by atoms with van der Waals surface area (Å²) in [6.45, 7) is 7.42. The van der Waals surface area contributed by atoms with Gasteiger partial charge in [0.15, 0.2) is 0 Å². The van der Waals surface area contributed by atoms with Crippen molar-refractivity contribution in [3.8, 4) is 0 Å². The fourth-order valence-electron chi connectivity index (χ4n) is 4.77. The third-order valence-corrected chi connectivity index (χ3v) is 7.51. The van der Waals surface area contributed by atoms with Gasteiger partial charge in [0.25, 0.3) is 5.91 Å². The zero-order chi connectivity index (χ0) is 20.6. The molecule has 3 heterocycles. The number of nitrogens with zero attached hydrogens (tertiary/aromatic N) is 2. The van der Waals surface area contributed by atoms with E-state index in [0.29, 0.717) is 19.0 Å². The van der Waals surface area contributed by atoms with Crippen LogP contribution in [0.1, 0.15) is 76.2 Å². The van der Waals surface area contributed by atoms with Crippen LogP contribution in [-0.4, -0.2) is 39.4 Å². The number of nitrogens with one attached hydrogen (secondary N) is 1. The molecule has 1 atom stereocenters. The molecule has 0 spiro atoms. The molecule has 4 rings (SSSR count). The van der Waals surface area contributed by atoms with Gasteiger partial charge in [0.1, 0.15) is 11.2 Å². The molecule has 1 unspecified atom stereocenters. The highest BCUT2D eigenvalue weighted by atomic mass is 32.1. The van der Waals surface area contributed by atoms with Gasteiger partial charge in [-0.25, -0.2) is 0 Å². The largest absolute Gasteiger partial charge is 0.351 e. The standard InChI is InChI=1S/C23H33N3O2S/c1-16(2)10-12-26-21(27)19-14-20-18(11-13-29-20)25(19)15-23(26,3)22(28)24-17-8-6-4-5-7-9-17/h11,13-14,16-17H,4-10,12,15H2,1-3H3,(H,24,28). The van der Waals surface area contributed by atoms with Crippen LogP contribution in [0.2, 0.25) is 0 Å². The number of amides is 2. The lowest BCUT2D eigenvalue weighted by Gasteiger charge is -2.45. The summed E-state index contributed by atoms with van der Waals surface area (Å²) >= 11 is 1.65. The molecule has 1 fully saturated rings. The normalized spacial score (nSPS) is 23.4. The van der Waals surface area contributed by atoms with Crippen molar-refractivity contribution in [1.82, 2.24) is 14.8 Å². The number of hydrogen-bond acceptors (Lipinski definition) is 3. The van der Waals surface area contributed by atoms with Crippen molar-refractivity contribution in [3.63, 3.8) is 0 Å². The Morgan fingerprint density at radius 3 is 2.69 bits per heavy atom. The Hall–Kier alpha value is -1.82. The molecule has 0 bridgehead atoms. The topological polar surface area (TPSA) is 54.3 Å². The fraction of sp³-hybridized carbons (Fsp3) is 0.652. The molecule has 29 heavy (non-hydrogen) atoms. The van der Waals surface area contributed by atoms with E-state index in [-0.39, 0.29) is 17.9 Å². The highest BCUT2D eigenvalue weighted by Crippen LogP contribution is 2.35. The summed E-state index contributed by atoms with van der Waals surface area (Å²) in [5.74, 6) is 0.470. The smallest absolute Gasteiger partial charge is 0.271 e. The highest BCUT2D eigenvalue weighted by Gasteiger charge is 2.48. The molecule has 0 saturated heterocycles. The Labute approximate surface area is 177 Å². The van der Waals surface area contributed by atoms with E-state index in [1.807, 2.05) is 17.9 Å². The lowest BCUT2D eigenvalue weighted by molar-refractivity contribution is -0.133. The van der Waals surface area contributed by atoms with Gasteiger partial charge in [0.2, 0.25) is 5.91 Å². The SMILES string of the molecule is CC(C)CCN1C(=O)c2cc3sccc3n2CC1(C)C(=O)NC1CCCCCC1. The monoisotopic (exact) mass is 415 g/mol.